The van der Waals surface area contributed by atoms with Crippen molar-refractivity contribution in [2.24, 2.45) is 0 Å². The first-order valence-electron chi connectivity index (χ1n) is 4.24. The molecule has 70 valence electrons. The van der Waals surface area contributed by atoms with Crippen molar-refractivity contribution in [3.63, 3.8) is 0 Å². The van der Waals surface area contributed by atoms with E-state index >= 15 is 0 Å². The molecule has 0 aromatic carbocycles. The second-order valence-corrected chi connectivity index (χ2v) is 3.12. The fraction of sp³-hybridized carbons (Fsp3) is 0.875. The van der Waals surface area contributed by atoms with Crippen molar-refractivity contribution >= 4 is 5.97 Å². The Balaban J connectivity index is 2.40. The maximum atomic E-state index is 11.1. The summed E-state index contributed by atoms with van der Waals surface area (Å²) < 4.78 is 4.66. The molecule has 1 aliphatic heterocycles. The Labute approximate surface area is 72.9 Å². The van der Waals surface area contributed by atoms with Crippen LogP contribution >= 0.6 is 0 Å². The van der Waals surface area contributed by atoms with Gasteiger partial charge >= 0.3 is 5.97 Å². The minimum absolute atomic E-state index is 0.111. The first-order chi connectivity index (χ1) is 5.74. The van der Waals surface area contributed by atoms with E-state index in [9.17, 15) is 4.79 Å². The molecule has 12 heavy (non-hydrogen) atoms. The van der Waals surface area contributed by atoms with Crippen LogP contribution in [0.4, 0.5) is 0 Å². The Morgan fingerprint density at radius 2 is 2.33 bits per heavy atom. The van der Waals surface area contributed by atoms with Gasteiger partial charge in [0, 0.05) is 13.1 Å². The van der Waals surface area contributed by atoms with Gasteiger partial charge in [0.25, 0.3) is 0 Å². The highest BCUT2D eigenvalue weighted by Crippen LogP contribution is 2.00. The fourth-order valence-electron chi connectivity index (χ4n) is 1.34. The van der Waals surface area contributed by atoms with Crippen LogP contribution < -0.4 is 5.32 Å². The lowest BCUT2D eigenvalue weighted by Gasteiger charge is -2.12. The van der Waals surface area contributed by atoms with Gasteiger partial charge in [0.2, 0.25) is 0 Å². The molecule has 1 N–H and O–H groups in total. The van der Waals surface area contributed by atoms with Gasteiger partial charge in [0.1, 0.15) is 6.04 Å². The second kappa shape index (κ2) is 4.42. The summed E-state index contributed by atoms with van der Waals surface area (Å²) in [5, 5.41) is 3.15. The van der Waals surface area contributed by atoms with Crippen LogP contribution in [-0.2, 0) is 9.53 Å². The van der Waals surface area contributed by atoms with Gasteiger partial charge < -0.3 is 15.0 Å². The number of carbonyl (C=O) groups excluding carboxylic acids is 1. The molecule has 0 aliphatic carbocycles. The van der Waals surface area contributed by atoms with Crippen LogP contribution in [0.1, 0.15) is 6.42 Å². The number of methoxy groups -OCH3 is 1. The van der Waals surface area contributed by atoms with Crippen molar-refractivity contribution in [2.45, 2.75) is 12.5 Å². The Kier molecular flexibility index (Phi) is 3.49. The van der Waals surface area contributed by atoms with Gasteiger partial charge in [-0.15, -0.1) is 0 Å². The van der Waals surface area contributed by atoms with Gasteiger partial charge in [0.05, 0.1) is 7.11 Å². The standard InChI is InChI=1S/C8H16N2O2/c1-10-5-3-7(8(11)12-2)9-4-6-10/h7,9H,3-6H2,1-2H3. The summed E-state index contributed by atoms with van der Waals surface area (Å²) in [5.41, 5.74) is 0. The van der Waals surface area contributed by atoms with Crippen molar-refractivity contribution in [3.05, 3.63) is 0 Å². The molecule has 0 bridgehead atoms. The van der Waals surface area contributed by atoms with E-state index in [-0.39, 0.29) is 12.0 Å². The van der Waals surface area contributed by atoms with E-state index in [1.165, 1.54) is 7.11 Å². The molecule has 1 atom stereocenters. The predicted octanol–water partition coefficient (Wildman–Crippen LogP) is -0.547. The van der Waals surface area contributed by atoms with Gasteiger partial charge in [0.15, 0.2) is 0 Å². The van der Waals surface area contributed by atoms with Crippen molar-refractivity contribution in [1.82, 2.24) is 10.2 Å². The van der Waals surface area contributed by atoms with Crippen LogP contribution in [-0.4, -0.2) is 50.7 Å². The van der Waals surface area contributed by atoms with Crippen LogP contribution in [0.5, 0.6) is 0 Å². The van der Waals surface area contributed by atoms with E-state index in [1.807, 2.05) is 0 Å². The molecule has 0 saturated carbocycles. The number of esters is 1. The van der Waals surface area contributed by atoms with Crippen LogP contribution in [0, 0.1) is 0 Å². The highest BCUT2D eigenvalue weighted by atomic mass is 16.5. The van der Waals surface area contributed by atoms with Gasteiger partial charge in [-0.05, 0) is 20.0 Å². The highest BCUT2D eigenvalue weighted by Gasteiger charge is 2.21. The average Bonchev–Trinajstić information content (AvgIpc) is 2.29. The zero-order chi connectivity index (χ0) is 8.97. The van der Waals surface area contributed by atoms with E-state index in [0.29, 0.717) is 0 Å². The number of nitrogens with one attached hydrogen (secondary N) is 1. The molecule has 0 amide bonds. The maximum Gasteiger partial charge on any atom is 0.322 e. The fourth-order valence-corrected chi connectivity index (χ4v) is 1.34. The number of hydrogen-bond acceptors (Lipinski definition) is 4. The molecule has 0 aromatic heterocycles. The SMILES string of the molecule is COC(=O)C1CCN(C)CCN1. The topological polar surface area (TPSA) is 41.6 Å². The molecule has 1 unspecified atom stereocenters. The zero-order valence-electron chi connectivity index (χ0n) is 7.67. The van der Waals surface area contributed by atoms with Crippen LogP contribution in [0.3, 0.4) is 0 Å². The van der Waals surface area contributed by atoms with E-state index in [2.05, 4.69) is 22.0 Å². The Morgan fingerprint density at radius 3 is 3.00 bits per heavy atom. The molecule has 0 aromatic rings. The number of hydrogen-bond donors (Lipinski definition) is 1. The minimum atomic E-state index is -0.148. The molecular formula is C8H16N2O2. The molecule has 1 heterocycles. The molecular weight excluding hydrogens is 156 g/mol. The van der Waals surface area contributed by atoms with Gasteiger partial charge in [-0.1, -0.05) is 0 Å². The molecule has 4 nitrogen and oxygen atoms in total. The number of rotatable bonds is 1. The molecule has 1 aliphatic rings. The molecule has 1 saturated heterocycles. The first kappa shape index (κ1) is 9.48. The van der Waals surface area contributed by atoms with Crippen molar-refractivity contribution < 1.29 is 9.53 Å². The third-order valence-electron chi connectivity index (χ3n) is 2.17. The Morgan fingerprint density at radius 1 is 1.58 bits per heavy atom. The molecule has 0 spiro atoms. The molecule has 1 rings (SSSR count). The summed E-state index contributed by atoms with van der Waals surface area (Å²) in [7, 11) is 3.49. The molecule has 1 fully saturated rings. The largest absolute Gasteiger partial charge is 0.468 e. The zero-order valence-corrected chi connectivity index (χ0v) is 7.67. The lowest BCUT2D eigenvalue weighted by atomic mass is 10.2. The second-order valence-electron chi connectivity index (χ2n) is 3.12. The van der Waals surface area contributed by atoms with Crippen molar-refractivity contribution in [3.8, 4) is 0 Å². The summed E-state index contributed by atoms with van der Waals surface area (Å²) in [6.45, 7) is 2.80. The van der Waals surface area contributed by atoms with Crippen molar-refractivity contribution in [1.29, 1.82) is 0 Å². The van der Waals surface area contributed by atoms with E-state index in [1.54, 1.807) is 0 Å². The summed E-state index contributed by atoms with van der Waals surface area (Å²) in [4.78, 5) is 13.3. The van der Waals surface area contributed by atoms with Crippen molar-refractivity contribution in [2.75, 3.05) is 33.8 Å². The third kappa shape index (κ3) is 2.46. The Bertz CT molecular complexity index is 161. The van der Waals surface area contributed by atoms with E-state index in [0.717, 1.165) is 26.1 Å². The summed E-state index contributed by atoms with van der Waals surface area (Å²) in [5.74, 6) is -0.148. The minimum Gasteiger partial charge on any atom is -0.468 e. The summed E-state index contributed by atoms with van der Waals surface area (Å²) in [6.07, 6.45) is 0.836. The monoisotopic (exact) mass is 172 g/mol. The van der Waals surface area contributed by atoms with E-state index in [4.69, 9.17) is 0 Å². The number of ether oxygens (including phenoxy) is 1. The Hall–Kier alpha value is -0.610. The lowest BCUT2D eigenvalue weighted by Crippen LogP contribution is -2.37. The normalized spacial score (nSPS) is 26.3. The van der Waals surface area contributed by atoms with Gasteiger partial charge in [-0.25, -0.2) is 0 Å². The molecule has 0 radical (unpaired) electrons. The number of nitrogens with zero attached hydrogens (tertiary/aromatic N) is 1. The summed E-state index contributed by atoms with van der Waals surface area (Å²) >= 11 is 0. The third-order valence-corrected chi connectivity index (χ3v) is 2.17. The van der Waals surface area contributed by atoms with Gasteiger partial charge in [-0.2, -0.15) is 0 Å². The smallest absolute Gasteiger partial charge is 0.322 e. The van der Waals surface area contributed by atoms with Crippen LogP contribution in [0.2, 0.25) is 0 Å². The number of likely N-dealkylation sites (N-methyl/N-ethyl adjacent to an activating group) is 1. The quantitative estimate of drug-likeness (QED) is 0.539. The van der Waals surface area contributed by atoms with E-state index < -0.39 is 0 Å². The first-order valence-corrected chi connectivity index (χ1v) is 4.24. The number of carbonyl (C=O) groups is 1. The average molecular weight is 172 g/mol. The van der Waals surface area contributed by atoms with Crippen LogP contribution in [0.25, 0.3) is 0 Å². The predicted molar refractivity (Wildman–Crippen MR) is 45.9 cm³/mol. The van der Waals surface area contributed by atoms with Crippen LogP contribution in [0.15, 0.2) is 0 Å². The maximum absolute atomic E-state index is 11.1. The summed E-state index contributed by atoms with van der Waals surface area (Å²) in [6, 6.07) is -0.111. The molecule has 4 heteroatoms. The lowest BCUT2D eigenvalue weighted by molar-refractivity contribution is -0.143. The highest BCUT2D eigenvalue weighted by molar-refractivity contribution is 5.75. The van der Waals surface area contributed by atoms with Gasteiger partial charge in [-0.3, -0.25) is 4.79 Å².